The number of pyridine rings is 1. The Labute approximate surface area is 467 Å². The largest absolute Gasteiger partial charge is 0.493 e. The normalized spacial score (nSPS) is 17.1. The number of ether oxygens (including phenoxy) is 4. The van der Waals surface area contributed by atoms with Gasteiger partial charge in [0.05, 0.1) is 43.0 Å². The van der Waals surface area contributed by atoms with E-state index in [-0.39, 0.29) is 17.4 Å². The fourth-order valence-electron chi connectivity index (χ4n) is 11.3. The molecule has 432 valence electrons. The Bertz CT molecular complexity index is 2400. The molecule has 2 aromatic carbocycles. The Morgan fingerprint density at radius 3 is 2.14 bits per heavy atom. The van der Waals surface area contributed by atoms with Crippen LogP contribution in [0.4, 0.5) is 11.5 Å². The highest BCUT2D eigenvalue weighted by molar-refractivity contribution is 5.93. The lowest BCUT2D eigenvalue weighted by molar-refractivity contribution is -0.136. The van der Waals surface area contributed by atoms with Crippen molar-refractivity contribution in [2.75, 3.05) is 64.8 Å². The van der Waals surface area contributed by atoms with Crippen LogP contribution in [0.2, 0.25) is 0 Å². The Hall–Kier alpha value is -4.26. The minimum absolute atomic E-state index is 0.0108. The third-order valence-corrected chi connectivity index (χ3v) is 16.7. The Morgan fingerprint density at radius 2 is 1.47 bits per heavy atom. The van der Waals surface area contributed by atoms with Crippen LogP contribution in [0, 0.1) is 45.4 Å². The minimum atomic E-state index is -0.548. The lowest BCUT2D eigenvalue weighted by Crippen LogP contribution is -2.49. The maximum absolute atomic E-state index is 13.2. The van der Waals surface area contributed by atoms with Crippen molar-refractivity contribution in [2.24, 2.45) is 22.7 Å². The number of nitrogens with zero attached hydrogens (tertiary/aromatic N) is 4. The first-order chi connectivity index (χ1) is 36.4. The molecule has 0 saturated carbocycles. The van der Waals surface area contributed by atoms with E-state index in [1.54, 1.807) is 0 Å². The van der Waals surface area contributed by atoms with Gasteiger partial charge in [-0.2, -0.15) is 0 Å². The molecule has 2 aliphatic heterocycles. The van der Waals surface area contributed by atoms with Gasteiger partial charge in [-0.05, 0) is 186 Å². The van der Waals surface area contributed by atoms with Gasteiger partial charge in [-0.3, -0.25) is 19.5 Å². The number of hydrogen-bond acceptors (Lipinski definition) is 10. The Morgan fingerprint density at radius 1 is 0.805 bits per heavy atom. The monoisotopic (exact) mass is 1070 g/mol. The average molecular weight is 1070 g/mol. The minimum Gasteiger partial charge on any atom is -0.493 e. The van der Waals surface area contributed by atoms with Crippen molar-refractivity contribution in [3.05, 3.63) is 51.6 Å². The zero-order valence-corrected chi connectivity index (χ0v) is 51.2. The number of carbonyl (C=O) groups excluding carboxylic acids is 2. The maximum atomic E-state index is 13.2. The van der Waals surface area contributed by atoms with Crippen molar-refractivity contribution in [3.63, 3.8) is 0 Å². The van der Waals surface area contributed by atoms with Gasteiger partial charge in [-0.25, -0.2) is 4.98 Å². The predicted molar refractivity (Wildman–Crippen MR) is 320 cm³/mol. The number of aryl methyl sites for hydroxylation is 2. The summed E-state index contributed by atoms with van der Waals surface area (Å²) < 4.78 is 25.8. The summed E-state index contributed by atoms with van der Waals surface area (Å²) in [4.78, 5) is 39.9. The second kappa shape index (κ2) is 29.8. The summed E-state index contributed by atoms with van der Waals surface area (Å²) in [5, 5.41) is 4.17. The molecule has 12 heteroatoms. The van der Waals surface area contributed by atoms with Crippen LogP contribution in [0.1, 0.15) is 206 Å². The topological polar surface area (TPSA) is 141 Å². The lowest BCUT2D eigenvalue weighted by Gasteiger charge is -2.38. The molecule has 3 unspecified atom stereocenters. The molecular weight excluding hydrogens is 961 g/mol. The lowest BCUT2D eigenvalue weighted by atomic mass is 9.83. The number of piperazine rings is 1. The highest BCUT2D eigenvalue weighted by atomic mass is 16.5. The number of hydrogen-bond donors (Lipinski definition) is 2. The van der Waals surface area contributed by atoms with E-state index in [0.717, 1.165) is 128 Å². The zero-order chi connectivity index (χ0) is 56.5. The number of carbonyl (C=O) groups is 2. The smallest absolute Gasteiger partial charge is 0.224 e. The summed E-state index contributed by atoms with van der Waals surface area (Å²) in [6, 6.07) is 6.49. The van der Waals surface area contributed by atoms with E-state index in [1.807, 2.05) is 46.4 Å². The van der Waals surface area contributed by atoms with Crippen molar-refractivity contribution in [2.45, 2.75) is 230 Å². The molecule has 0 aliphatic carbocycles. The van der Waals surface area contributed by atoms with Gasteiger partial charge >= 0.3 is 0 Å². The van der Waals surface area contributed by atoms with Crippen molar-refractivity contribution >= 4 is 39.9 Å². The molecule has 0 spiro atoms. The molecule has 3 N–H and O–H groups in total. The molecule has 2 aliphatic rings. The number of nitrogens with one attached hydrogen (secondary N) is 1. The number of aromatic nitrogens is 1. The van der Waals surface area contributed by atoms with Crippen LogP contribution in [-0.2, 0) is 31.9 Å². The van der Waals surface area contributed by atoms with Crippen LogP contribution in [-0.4, -0.2) is 108 Å². The molecule has 3 aromatic rings. The van der Waals surface area contributed by atoms with E-state index in [1.165, 1.54) is 73.6 Å². The van der Waals surface area contributed by atoms with Gasteiger partial charge in [0.15, 0.2) is 0 Å². The maximum Gasteiger partial charge on any atom is 0.224 e. The molecule has 5 rings (SSSR count). The zero-order valence-electron chi connectivity index (χ0n) is 51.2. The number of nitrogen functional groups attached to an aromatic ring is 1. The first-order valence-corrected chi connectivity index (χ1v) is 30.1. The first-order valence-electron chi connectivity index (χ1n) is 30.1. The summed E-state index contributed by atoms with van der Waals surface area (Å²) in [5.74, 6) is 5.03. The molecule has 1 fully saturated rings. The van der Waals surface area contributed by atoms with E-state index in [9.17, 15) is 9.59 Å². The van der Waals surface area contributed by atoms with Crippen molar-refractivity contribution in [1.29, 1.82) is 0 Å². The van der Waals surface area contributed by atoms with Gasteiger partial charge in [0, 0.05) is 55.8 Å². The van der Waals surface area contributed by atoms with E-state index in [2.05, 4.69) is 101 Å². The number of aliphatic imine (C=N–C) groups is 1. The molecule has 77 heavy (non-hydrogen) atoms. The first kappa shape index (κ1) is 63.6. The Kier molecular flexibility index (Phi) is 24.6. The SMILES string of the molecule is CC(C)=Nc1c(N)nc2cc(CCCN3CCN(C(=O)CCOC(C)(C)CCOC(C)(C)CNC(=O)CCCOc4c(C)c(C)c5c(c4C)CCC(C)(CCCC(C)CCCC(C)CCCC(C)C)O5)CC3)ccc2c1C. The van der Waals surface area contributed by atoms with Crippen LogP contribution < -0.4 is 20.5 Å². The number of amides is 2. The Balaban J connectivity index is 0.914. The molecule has 1 aromatic heterocycles. The quantitative estimate of drug-likeness (QED) is 0.0462. The van der Waals surface area contributed by atoms with Gasteiger partial charge in [-0.15, -0.1) is 0 Å². The summed E-state index contributed by atoms with van der Waals surface area (Å²) in [6.07, 6.45) is 17.7. The van der Waals surface area contributed by atoms with Crippen LogP contribution in [0.5, 0.6) is 11.5 Å². The predicted octanol–water partition coefficient (Wildman–Crippen LogP) is 14.1. The van der Waals surface area contributed by atoms with E-state index in [0.29, 0.717) is 57.9 Å². The van der Waals surface area contributed by atoms with Crippen molar-refractivity contribution in [3.8, 4) is 11.5 Å². The fraction of sp³-hybridized carbons (Fsp3) is 0.723. The van der Waals surface area contributed by atoms with Gasteiger partial charge in [0.25, 0.3) is 0 Å². The summed E-state index contributed by atoms with van der Waals surface area (Å²) in [5.41, 5.74) is 14.8. The highest BCUT2D eigenvalue weighted by Gasteiger charge is 2.35. The van der Waals surface area contributed by atoms with Crippen LogP contribution in [0.3, 0.4) is 0 Å². The third-order valence-electron chi connectivity index (χ3n) is 16.7. The molecule has 0 radical (unpaired) electrons. The van der Waals surface area contributed by atoms with E-state index < -0.39 is 11.2 Å². The van der Waals surface area contributed by atoms with Gasteiger partial charge in [0.2, 0.25) is 11.8 Å². The molecule has 3 atom stereocenters. The second-order valence-electron chi connectivity index (χ2n) is 25.6. The highest BCUT2D eigenvalue weighted by Crippen LogP contribution is 2.45. The van der Waals surface area contributed by atoms with Crippen molar-refractivity contribution < 1.29 is 28.5 Å². The average Bonchev–Trinajstić information content (AvgIpc) is 3.38. The molecule has 2 amide bonds. The van der Waals surface area contributed by atoms with Crippen LogP contribution in [0.25, 0.3) is 10.9 Å². The van der Waals surface area contributed by atoms with E-state index in [4.69, 9.17) is 24.7 Å². The molecule has 3 heterocycles. The molecule has 12 nitrogen and oxygen atoms in total. The summed E-state index contributed by atoms with van der Waals surface area (Å²) in [6.45, 7) is 38.3. The van der Waals surface area contributed by atoms with Gasteiger partial charge in [-0.1, -0.05) is 84.8 Å². The number of anilines is 1. The fourth-order valence-corrected chi connectivity index (χ4v) is 11.3. The number of rotatable bonds is 32. The number of benzene rings is 2. The second-order valence-corrected chi connectivity index (χ2v) is 25.6. The molecule has 0 bridgehead atoms. The van der Waals surface area contributed by atoms with Crippen molar-refractivity contribution in [1.82, 2.24) is 20.1 Å². The van der Waals surface area contributed by atoms with Gasteiger partial charge < -0.3 is 34.9 Å². The molecular formula is C65H106N6O6. The van der Waals surface area contributed by atoms with E-state index >= 15 is 0 Å². The number of nitrogens with two attached hydrogens (primary N) is 1. The molecule has 1 saturated heterocycles. The summed E-state index contributed by atoms with van der Waals surface area (Å²) >= 11 is 0. The number of fused-ring (bicyclic) bond motifs is 2. The van der Waals surface area contributed by atoms with Crippen LogP contribution in [0.15, 0.2) is 23.2 Å². The third kappa shape index (κ3) is 20.4. The van der Waals surface area contributed by atoms with Crippen LogP contribution >= 0.6 is 0 Å². The summed E-state index contributed by atoms with van der Waals surface area (Å²) in [7, 11) is 0. The van der Waals surface area contributed by atoms with Gasteiger partial charge in [0.1, 0.15) is 28.6 Å². The standard InChI is InChI=1S/C65H106N6O6/c1-45(2)21-16-22-47(5)23-17-24-48(6)25-18-32-65(15)33-30-55-52(10)60(49(7)50(8)61(55)77-65)74-40-20-27-57(72)67-44-64(13,14)76-42-34-63(11,12)75-41-31-58(73)71-38-36-70(37-39-71)35-19-26-53-28-29-54-51(9)59(68-46(3)4)62(66)69-56(54)43-53/h28-29,43,45,47-48H,16-27,30-42,44H2,1-15H3,(H2,66,69)(H,67,72).